The molecule has 1 N–H and O–H groups in total. The largest absolute Gasteiger partial charge is 0.483 e. The molecule has 2 atom stereocenters. The van der Waals surface area contributed by atoms with Crippen LogP contribution in [0.4, 0.5) is 8.78 Å². The Labute approximate surface area is 196 Å². The summed E-state index contributed by atoms with van der Waals surface area (Å²) >= 11 is 0. The molecule has 0 fully saturated rings. The number of allylic oxidation sites excluding steroid dienone is 3. The number of halogens is 2. The Hall–Kier alpha value is -3.42. The Bertz CT molecular complexity index is 1190. The van der Waals surface area contributed by atoms with Crippen LogP contribution in [0.3, 0.4) is 0 Å². The number of furan rings is 1. The molecule has 1 aliphatic heterocycles. The second-order valence-electron chi connectivity index (χ2n) is 9.24. The summed E-state index contributed by atoms with van der Waals surface area (Å²) in [4.78, 5) is 26.1. The van der Waals surface area contributed by atoms with Gasteiger partial charge in [-0.2, -0.15) is 0 Å². The summed E-state index contributed by atoms with van der Waals surface area (Å²) in [7, 11) is 0. The number of carbonyl (C=O) groups excluding carboxylic acids is 2. The predicted octanol–water partition coefficient (Wildman–Crippen LogP) is 5.16. The van der Waals surface area contributed by atoms with Gasteiger partial charge in [0.15, 0.2) is 11.6 Å². The van der Waals surface area contributed by atoms with E-state index < -0.39 is 29.4 Å². The second kappa shape index (κ2) is 9.08. The van der Waals surface area contributed by atoms with Crippen LogP contribution >= 0.6 is 0 Å². The highest BCUT2D eigenvalue weighted by Crippen LogP contribution is 2.47. The first-order chi connectivity index (χ1) is 16.1. The van der Waals surface area contributed by atoms with Crippen LogP contribution < -0.4 is 10.1 Å². The third-order valence-corrected chi connectivity index (χ3v) is 5.99. The van der Waals surface area contributed by atoms with Crippen molar-refractivity contribution >= 4 is 11.8 Å². The highest BCUT2D eigenvalue weighted by molar-refractivity contribution is 5.96. The van der Waals surface area contributed by atoms with Gasteiger partial charge in [0.2, 0.25) is 0 Å². The van der Waals surface area contributed by atoms with Crippen molar-refractivity contribution in [3.05, 3.63) is 76.5 Å². The number of rotatable bonds is 6. The van der Waals surface area contributed by atoms with E-state index in [-0.39, 0.29) is 30.2 Å². The van der Waals surface area contributed by atoms with E-state index in [0.717, 1.165) is 17.8 Å². The Kier molecular flexibility index (Phi) is 6.34. The number of nitrogens with one attached hydrogen (secondary N) is 1. The molecule has 180 valence electrons. The highest BCUT2D eigenvalue weighted by Gasteiger charge is 2.47. The number of ketones is 1. The van der Waals surface area contributed by atoms with Crippen molar-refractivity contribution in [1.82, 2.24) is 5.32 Å². The summed E-state index contributed by atoms with van der Waals surface area (Å²) in [6.45, 7) is 7.54. The maximum absolute atomic E-state index is 13.9. The second-order valence-corrected chi connectivity index (χ2v) is 9.24. The van der Waals surface area contributed by atoms with E-state index in [2.05, 4.69) is 5.32 Å². The zero-order chi connectivity index (χ0) is 24.6. The number of carbonyl (C=O) groups is 2. The Balaban J connectivity index is 1.68. The fourth-order valence-electron chi connectivity index (χ4n) is 4.63. The van der Waals surface area contributed by atoms with E-state index in [1.54, 1.807) is 26.0 Å². The Morgan fingerprint density at radius 1 is 1.21 bits per heavy atom. The molecule has 2 unspecified atom stereocenters. The van der Waals surface area contributed by atoms with Crippen LogP contribution in [0.2, 0.25) is 0 Å². The molecule has 2 aliphatic rings. The molecule has 0 radical (unpaired) electrons. The van der Waals surface area contributed by atoms with Gasteiger partial charge >= 0.3 is 5.97 Å². The fourth-order valence-corrected chi connectivity index (χ4v) is 4.63. The maximum Gasteiger partial charge on any atom is 0.336 e. The van der Waals surface area contributed by atoms with Crippen molar-refractivity contribution in [1.29, 1.82) is 0 Å². The third kappa shape index (κ3) is 4.62. The van der Waals surface area contributed by atoms with Crippen LogP contribution in [0.5, 0.6) is 5.75 Å². The standard InChI is InChI=1S/C26H27F2NO5/c1-5-32-25(31)22-14(2)29-18-11-26(3,4)12-19(30)23(18)24(22)21-9-7-16(34-21)13-33-20-8-6-15(27)10-17(20)28/h6-11,23-24,29H,5,12-13H2,1-4H3. The number of hydrogen-bond acceptors (Lipinski definition) is 6. The smallest absolute Gasteiger partial charge is 0.336 e. The van der Waals surface area contributed by atoms with Gasteiger partial charge in [-0.1, -0.05) is 19.9 Å². The fraction of sp³-hybridized carbons (Fsp3) is 0.385. The van der Waals surface area contributed by atoms with Crippen LogP contribution in [-0.4, -0.2) is 18.4 Å². The van der Waals surface area contributed by atoms with Gasteiger partial charge in [0.1, 0.15) is 29.7 Å². The van der Waals surface area contributed by atoms with Gasteiger partial charge in [0.05, 0.1) is 24.0 Å². The molecule has 0 amide bonds. The lowest BCUT2D eigenvalue weighted by Gasteiger charge is -2.40. The van der Waals surface area contributed by atoms with Crippen LogP contribution in [0, 0.1) is 23.0 Å². The monoisotopic (exact) mass is 471 g/mol. The molecule has 0 saturated heterocycles. The van der Waals surface area contributed by atoms with Gasteiger partial charge in [-0.3, -0.25) is 4.79 Å². The third-order valence-electron chi connectivity index (χ3n) is 5.99. The molecule has 34 heavy (non-hydrogen) atoms. The highest BCUT2D eigenvalue weighted by atomic mass is 19.1. The van der Waals surface area contributed by atoms with Crippen LogP contribution in [0.15, 0.2) is 57.8 Å². The first-order valence-corrected chi connectivity index (χ1v) is 11.2. The molecular weight excluding hydrogens is 444 g/mol. The molecule has 2 aromatic rings. The van der Waals surface area contributed by atoms with Crippen molar-refractivity contribution < 1.29 is 32.3 Å². The zero-order valence-electron chi connectivity index (χ0n) is 19.5. The molecule has 1 aromatic heterocycles. The molecule has 1 aliphatic carbocycles. The average Bonchev–Trinajstić information content (AvgIpc) is 3.20. The van der Waals surface area contributed by atoms with Crippen molar-refractivity contribution in [3.63, 3.8) is 0 Å². The van der Waals surface area contributed by atoms with Gasteiger partial charge in [-0.15, -0.1) is 0 Å². The number of ether oxygens (including phenoxy) is 2. The first-order valence-electron chi connectivity index (χ1n) is 11.2. The van der Waals surface area contributed by atoms with Crippen LogP contribution in [-0.2, 0) is 20.9 Å². The first kappa shape index (κ1) is 23.7. The quantitative estimate of drug-likeness (QED) is 0.587. The van der Waals surface area contributed by atoms with Gasteiger partial charge in [-0.05, 0) is 43.5 Å². The molecular formula is C26H27F2NO5. The molecule has 6 nitrogen and oxygen atoms in total. The van der Waals surface area contributed by atoms with Crippen molar-refractivity contribution in [2.24, 2.45) is 11.3 Å². The van der Waals surface area contributed by atoms with Gasteiger partial charge in [0, 0.05) is 23.9 Å². The minimum absolute atomic E-state index is 0.00289. The van der Waals surface area contributed by atoms with E-state index in [1.165, 1.54) is 6.07 Å². The van der Waals surface area contributed by atoms with E-state index in [4.69, 9.17) is 13.9 Å². The SMILES string of the molecule is CCOC(=O)C1=C(C)NC2=CC(C)(C)CC(=O)C2C1c1ccc(COc2ccc(F)cc2F)o1. The molecule has 8 heteroatoms. The lowest BCUT2D eigenvalue weighted by atomic mass is 9.67. The average molecular weight is 472 g/mol. The minimum atomic E-state index is -0.821. The van der Waals surface area contributed by atoms with Gasteiger partial charge in [0.25, 0.3) is 0 Å². The summed E-state index contributed by atoms with van der Waals surface area (Å²) in [6.07, 6.45) is 2.36. The van der Waals surface area contributed by atoms with Crippen LogP contribution in [0.25, 0.3) is 0 Å². The molecule has 2 heterocycles. The number of hydrogen-bond donors (Lipinski definition) is 1. The molecule has 0 spiro atoms. The van der Waals surface area contributed by atoms with Crippen molar-refractivity contribution in [2.45, 2.75) is 46.6 Å². The van der Waals surface area contributed by atoms with E-state index >= 15 is 0 Å². The summed E-state index contributed by atoms with van der Waals surface area (Å²) < 4.78 is 43.7. The number of benzene rings is 1. The van der Waals surface area contributed by atoms with Crippen molar-refractivity contribution in [3.8, 4) is 5.75 Å². The summed E-state index contributed by atoms with van der Waals surface area (Å²) in [5, 5.41) is 3.24. The number of Topliss-reactive ketones (excluding diaryl/α,β-unsaturated/α-hetero) is 1. The minimum Gasteiger partial charge on any atom is -0.483 e. The van der Waals surface area contributed by atoms with Crippen LogP contribution in [0.1, 0.15) is 51.6 Å². The summed E-state index contributed by atoms with van der Waals surface area (Å²) in [5.41, 5.74) is 1.35. The predicted molar refractivity (Wildman–Crippen MR) is 120 cm³/mol. The van der Waals surface area contributed by atoms with E-state index in [0.29, 0.717) is 29.2 Å². The molecule has 1 aromatic carbocycles. The number of esters is 1. The lowest BCUT2D eigenvalue weighted by Crippen LogP contribution is -2.43. The molecule has 0 saturated carbocycles. The molecule has 0 bridgehead atoms. The lowest BCUT2D eigenvalue weighted by molar-refractivity contribution is -0.139. The summed E-state index contributed by atoms with van der Waals surface area (Å²) in [5.74, 6) is -2.67. The summed E-state index contributed by atoms with van der Waals surface area (Å²) in [6, 6.07) is 6.38. The molecule has 4 rings (SSSR count). The maximum atomic E-state index is 13.9. The topological polar surface area (TPSA) is 77.8 Å². The number of fused-ring (bicyclic) bond motifs is 1. The van der Waals surface area contributed by atoms with E-state index in [9.17, 15) is 18.4 Å². The zero-order valence-corrected chi connectivity index (χ0v) is 19.5. The van der Waals surface area contributed by atoms with Gasteiger partial charge in [-0.25, -0.2) is 13.6 Å². The Morgan fingerprint density at radius 2 is 1.97 bits per heavy atom. The van der Waals surface area contributed by atoms with E-state index in [1.807, 2.05) is 19.9 Å². The van der Waals surface area contributed by atoms with Gasteiger partial charge < -0.3 is 19.2 Å². The van der Waals surface area contributed by atoms with Crippen molar-refractivity contribution in [2.75, 3.05) is 6.61 Å². The Morgan fingerprint density at radius 3 is 2.68 bits per heavy atom. The normalized spacial score (nSPS) is 21.5.